The normalized spacial score (nSPS) is 27.1. The molecule has 0 aromatic carbocycles. The van der Waals surface area contributed by atoms with Crippen LogP contribution in [0.3, 0.4) is 0 Å². The van der Waals surface area contributed by atoms with Crippen LogP contribution in [0.1, 0.15) is 37.8 Å². The van der Waals surface area contributed by atoms with Crippen molar-refractivity contribution < 1.29 is 0 Å². The van der Waals surface area contributed by atoms with Crippen LogP contribution in [0.5, 0.6) is 0 Å². The number of halogens is 2. The van der Waals surface area contributed by atoms with Gasteiger partial charge in [0.25, 0.3) is 0 Å². The Labute approximate surface area is 97.8 Å². The topological polar surface area (TPSA) is 17.8 Å². The van der Waals surface area contributed by atoms with Crippen molar-refractivity contribution in [2.24, 2.45) is 0 Å². The molecule has 2 atom stereocenters. The summed E-state index contributed by atoms with van der Waals surface area (Å²) in [6, 6.07) is 0. The molecular weight excluding hydrogens is 263 g/mol. The van der Waals surface area contributed by atoms with E-state index < -0.39 is 0 Å². The maximum absolute atomic E-state index is 6.15. The lowest BCUT2D eigenvalue weighted by atomic mass is 10.0. The summed E-state index contributed by atoms with van der Waals surface area (Å²) in [5.41, 5.74) is 1.23. The predicted octanol–water partition coefficient (Wildman–Crippen LogP) is 3.59. The molecule has 2 nitrogen and oxygen atoms in total. The molecule has 1 aliphatic carbocycles. The van der Waals surface area contributed by atoms with E-state index in [1.807, 2.05) is 4.68 Å². The minimum absolute atomic E-state index is 0.592. The van der Waals surface area contributed by atoms with Crippen LogP contribution < -0.4 is 0 Å². The van der Waals surface area contributed by atoms with Gasteiger partial charge in [-0.05, 0) is 26.2 Å². The SMILES string of the molecule is CCn1ncc(Cl)c1C1CCC(Br)C1. The molecule has 1 fully saturated rings. The van der Waals surface area contributed by atoms with E-state index >= 15 is 0 Å². The Kier molecular flexibility index (Phi) is 3.17. The number of alkyl halides is 1. The molecule has 0 spiro atoms. The van der Waals surface area contributed by atoms with Gasteiger partial charge < -0.3 is 0 Å². The Morgan fingerprint density at radius 1 is 1.64 bits per heavy atom. The summed E-state index contributed by atoms with van der Waals surface area (Å²) >= 11 is 9.82. The Morgan fingerprint density at radius 2 is 2.43 bits per heavy atom. The molecular formula is C10H14BrClN2. The molecule has 1 heterocycles. The molecule has 0 N–H and O–H groups in total. The molecule has 0 amide bonds. The largest absolute Gasteiger partial charge is 0.268 e. The molecule has 0 aliphatic heterocycles. The molecule has 0 saturated heterocycles. The zero-order valence-corrected chi connectivity index (χ0v) is 10.6. The zero-order chi connectivity index (χ0) is 10.1. The highest BCUT2D eigenvalue weighted by Crippen LogP contribution is 2.40. The lowest BCUT2D eigenvalue weighted by molar-refractivity contribution is 0.569. The number of aromatic nitrogens is 2. The first-order valence-electron chi connectivity index (χ1n) is 5.07. The lowest BCUT2D eigenvalue weighted by Crippen LogP contribution is -2.06. The summed E-state index contributed by atoms with van der Waals surface area (Å²) in [6.45, 7) is 3.01. The van der Waals surface area contributed by atoms with Crippen LogP contribution in [-0.2, 0) is 6.54 Å². The Hall–Kier alpha value is -0.0200. The fourth-order valence-electron chi connectivity index (χ4n) is 2.20. The first kappa shape index (κ1) is 10.5. The van der Waals surface area contributed by atoms with Crippen molar-refractivity contribution in [2.45, 2.75) is 43.5 Å². The number of nitrogens with zero attached hydrogens (tertiary/aromatic N) is 2. The van der Waals surface area contributed by atoms with Crippen LogP contribution in [0.15, 0.2) is 6.20 Å². The second-order valence-corrected chi connectivity index (χ2v) is 5.50. The van der Waals surface area contributed by atoms with Gasteiger partial charge in [0.1, 0.15) is 0 Å². The van der Waals surface area contributed by atoms with Crippen molar-refractivity contribution in [1.82, 2.24) is 9.78 Å². The second kappa shape index (κ2) is 4.23. The van der Waals surface area contributed by atoms with E-state index in [9.17, 15) is 0 Å². The average molecular weight is 278 g/mol. The summed E-state index contributed by atoms with van der Waals surface area (Å²) in [4.78, 5) is 0.656. The summed E-state index contributed by atoms with van der Waals surface area (Å²) in [5.74, 6) is 0.592. The molecule has 0 bridgehead atoms. The predicted molar refractivity (Wildman–Crippen MR) is 62.2 cm³/mol. The van der Waals surface area contributed by atoms with Crippen molar-refractivity contribution in [3.05, 3.63) is 16.9 Å². The third-order valence-electron chi connectivity index (χ3n) is 2.89. The van der Waals surface area contributed by atoms with Crippen molar-refractivity contribution in [2.75, 3.05) is 0 Å². The average Bonchev–Trinajstić information content (AvgIpc) is 2.71. The van der Waals surface area contributed by atoms with Crippen molar-refractivity contribution >= 4 is 27.5 Å². The van der Waals surface area contributed by atoms with Crippen LogP contribution in [0, 0.1) is 0 Å². The fraction of sp³-hybridized carbons (Fsp3) is 0.700. The first-order valence-corrected chi connectivity index (χ1v) is 6.37. The Bertz CT molecular complexity index is 324. The minimum Gasteiger partial charge on any atom is -0.268 e. The van der Waals surface area contributed by atoms with Gasteiger partial charge in [0.2, 0.25) is 0 Å². The monoisotopic (exact) mass is 276 g/mol. The van der Waals surface area contributed by atoms with Gasteiger partial charge in [0.15, 0.2) is 0 Å². The van der Waals surface area contributed by atoms with E-state index in [0.29, 0.717) is 10.7 Å². The molecule has 1 aromatic rings. The van der Waals surface area contributed by atoms with E-state index in [1.165, 1.54) is 25.0 Å². The van der Waals surface area contributed by atoms with Gasteiger partial charge in [-0.25, -0.2) is 0 Å². The van der Waals surface area contributed by atoms with Gasteiger partial charge in [-0.2, -0.15) is 5.10 Å². The number of hydrogen-bond donors (Lipinski definition) is 0. The van der Waals surface area contributed by atoms with Crippen LogP contribution in [0.2, 0.25) is 5.02 Å². The van der Waals surface area contributed by atoms with Crippen LogP contribution in [-0.4, -0.2) is 14.6 Å². The highest BCUT2D eigenvalue weighted by atomic mass is 79.9. The molecule has 1 aliphatic rings. The van der Waals surface area contributed by atoms with Crippen LogP contribution >= 0.6 is 27.5 Å². The zero-order valence-electron chi connectivity index (χ0n) is 8.21. The van der Waals surface area contributed by atoms with E-state index in [-0.39, 0.29) is 0 Å². The van der Waals surface area contributed by atoms with E-state index in [0.717, 1.165) is 11.6 Å². The molecule has 14 heavy (non-hydrogen) atoms. The summed E-state index contributed by atoms with van der Waals surface area (Å²) in [6.07, 6.45) is 5.42. The summed E-state index contributed by atoms with van der Waals surface area (Å²) in [5, 5.41) is 5.11. The molecule has 4 heteroatoms. The molecule has 2 unspecified atom stereocenters. The summed E-state index contributed by atoms with van der Waals surface area (Å²) in [7, 11) is 0. The fourth-order valence-corrected chi connectivity index (χ4v) is 3.22. The third kappa shape index (κ3) is 1.84. The Balaban J connectivity index is 2.26. The van der Waals surface area contributed by atoms with Crippen LogP contribution in [0.25, 0.3) is 0 Å². The summed E-state index contributed by atoms with van der Waals surface area (Å²) < 4.78 is 2.03. The van der Waals surface area contributed by atoms with Crippen molar-refractivity contribution in [1.29, 1.82) is 0 Å². The van der Waals surface area contributed by atoms with Gasteiger partial charge in [-0.3, -0.25) is 4.68 Å². The highest BCUT2D eigenvalue weighted by Gasteiger charge is 2.28. The van der Waals surface area contributed by atoms with Gasteiger partial charge in [-0.15, -0.1) is 0 Å². The quantitative estimate of drug-likeness (QED) is 0.756. The van der Waals surface area contributed by atoms with E-state index in [4.69, 9.17) is 11.6 Å². The highest BCUT2D eigenvalue weighted by molar-refractivity contribution is 9.09. The van der Waals surface area contributed by atoms with E-state index in [2.05, 4.69) is 28.0 Å². The second-order valence-electron chi connectivity index (χ2n) is 3.80. The maximum Gasteiger partial charge on any atom is 0.0820 e. The van der Waals surface area contributed by atoms with Gasteiger partial charge in [-0.1, -0.05) is 27.5 Å². The lowest BCUT2D eigenvalue weighted by Gasteiger charge is -2.12. The number of rotatable bonds is 2. The third-order valence-corrected chi connectivity index (χ3v) is 4.01. The smallest absolute Gasteiger partial charge is 0.0820 e. The maximum atomic E-state index is 6.15. The molecule has 0 radical (unpaired) electrons. The van der Waals surface area contributed by atoms with E-state index in [1.54, 1.807) is 6.20 Å². The molecule has 1 saturated carbocycles. The standard InChI is InChI=1S/C10H14BrClN2/c1-2-14-10(9(12)6-13-14)7-3-4-8(11)5-7/h6-8H,2-5H2,1H3. The Morgan fingerprint density at radius 3 is 3.00 bits per heavy atom. The van der Waals surface area contributed by atoms with Crippen molar-refractivity contribution in [3.8, 4) is 0 Å². The molecule has 78 valence electrons. The van der Waals surface area contributed by atoms with Gasteiger partial charge in [0, 0.05) is 17.3 Å². The molecule has 1 aromatic heterocycles. The van der Waals surface area contributed by atoms with Gasteiger partial charge in [0.05, 0.1) is 16.9 Å². The van der Waals surface area contributed by atoms with Crippen molar-refractivity contribution in [3.63, 3.8) is 0 Å². The number of aryl methyl sites for hydroxylation is 1. The minimum atomic E-state index is 0.592. The number of hydrogen-bond acceptors (Lipinski definition) is 1. The van der Waals surface area contributed by atoms with Crippen LogP contribution in [0.4, 0.5) is 0 Å². The van der Waals surface area contributed by atoms with Gasteiger partial charge >= 0.3 is 0 Å². The first-order chi connectivity index (χ1) is 6.72. The molecule has 2 rings (SSSR count).